The molecule has 4 aromatic rings. The highest BCUT2D eigenvalue weighted by atomic mass is 32.1. The summed E-state index contributed by atoms with van der Waals surface area (Å²) in [6.45, 7) is 1.45. The average Bonchev–Trinajstić information content (AvgIpc) is 2.79. The van der Waals surface area contributed by atoms with Gasteiger partial charge in [-0.2, -0.15) is 0 Å². The predicted octanol–water partition coefficient (Wildman–Crippen LogP) is 4.13. The zero-order valence-electron chi connectivity index (χ0n) is 17.3. The molecule has 3 aromatic carbocycles. The van der Waals surface area contributed by atoms with E-state index in [9.17, 15) is 15.0 Å². The van der Waals surface area contributed by atoms with Crippen LogP contribution in [-0.4, -0.2) is 29.0 Å². The lowest BCUT2D eigenvalue weighted by molar-refractivity contribution is 0.115. The zero-order valence-corrected chi connectivity index (χ0v) is 18.1. The minimum atomic E-state index is -1.02. The summed E-state index contributed by atoms with van der Waals surface area (Å²) in [5.74, 6) is 1.44. The van der Waals surface area contributed by atoms with Gasteiger partial charge in [0.15, 0.2) is 5.43 Å². The number of nitrogens with two attached hydrogens (primary N) is 1. The Labute approximate surface area is 184 Å². The van der Waals surface area contributed by atoms with E-state index in [1.54, 1.807) is 11.3 Å². The van der Waals surface area contributed by atoms with Crippen molar-refractivity contribution < 1.29 is 14.9 Å². The largest absolute Gasteiger partial charge is 0.457 e. The van der Waals surface area contributed by atoms with E-state index >= 15 is 0 Å². The SMILES string of the molecule is Cc1ccc(Oc2ccc3c(=O)c4cc(CCC(N)(CO)CO)ccc4sc3c2)cc1. The number of ether oxygens (including phenoxy) is 1. The van der Waals surface area contributed by atoms with Gasteiger partial charge in [0.25, 0.3) is 0 Å². The number of aliphatic hydroxyl groups is 2. The van der Waals surface area contributed by atoms with Crippen molar-refractivity contribution in [2.45, 2.75) is 25.3 Å². The second-order valence-corrected chi connectivity index (χ2v) is 9.10. The van der Waals surface area contributed by atoms with Gasteiger partial charge in [-0.25, -0.2) is 0 Å². The Balaban J connectivity index is 1.65. The molecule has 0 radical (unpaired) electrons. The van der Waals surface area contributed by atoms with E-state index < -0.39 is 5.54 Å². The number of fused-ring (bicyclic) bond motifs is 2. The van der Waals surface area contributed by atoms with Gasteiger partial charge < -0.3 is 20.7 Å². The monoisotopic (exact) mass is 435 g/mol. The molecule has 0 saturated carbocycles. The standard InChI is InChI=1S/C25H25NO4S/c1-16-2-5-18(6-3-16)30-19-7-8-20-23(13-19)31-22-9-4-17(12-21(22)24(20)29)10-11-25(26,14-27)15-28/h2-9,12-13,27-28H,10-11,14-15,26H2,1H3. The molecule has 0 bridgehead atoms. The van der Waals surface area contributed by atoms with Gasteiger partial charge in [-0.1, -0.05) is 23.8 Å². The first-order valence-electron chi connectivity index (χ1n) is 10.2. The molecule has 4 N–H and O–H groups in total. The van der Waals surface area contributed by atoms with Crippen molar-refractivity contribution in [2.75, 3.05) is 13.2 Å². The van der Waals surface area contributed by atoms with Crippen molar-refractivity contribution in [3.8, 4) is 11.5 Å². The number of hydrogen-bond donors (Lipinski definition) is 3. The molecular weight excluding hydrogens is 410 g/mol. The summed E-state index contributed by atoms with van der Waals surface area (Å²) in [6.07, 6.45) is 0.995. The number of aryl methyl sites for hydroxylation is 2. The first kappa shape index (κ1) is 21.5. The topological polar surface area (TPSA) is 92.8 Å². The van der Waals surface area contributed by atoms with E-state index in [0.717, 1.165) is 20.7 Å². The lowest BCUT2D eigenvalue weighted by atomic mass is 9.93. The minimum Gasteiger partial charge on any atom is -0.457 e. The zero-order chi connectivity index (χ0) is 22.0. The Morgan fingerprint density at radius 3 is 2.32 bits per heavy atom. The minimum absolute atomic E-state index is 0.0178. The molecule has 31 heavy (non-hydrogen) atoms. The normalized spacial score (nSPS) is 11.9. The van der Waals surface area contributed by atoms with E-state index in [2.05, 4.69) is 0 Å². The van der Waals surface area contributed by atoms with E-state index in [1.807, 2.05) is 67.6 Å². The molecule has 6 heteroatoms. The second kappa shape index (κ2) is 8.77. The summed E-state index contributed by atoms with van der Waals surface area (Å²) in [7, 11) is 0. The summed E-state index contributed by atoms with van der Waals surface area (Å²) in [4.78, 5) is 13.1. The molecule has 4 rings (SSSR count). The Kier molecular flexibility index (Phi) is 6.07. The van der Waals surface area contributed by atoms with Crippen LogP contribution in [-0.2, 0) is 6.42 Å². The van der Waals surface area contributed by atoms with Gasteiger partial charge in [0.2, 0.25) is 0 Å². The quantitative estimate of drug-likeness (QED) is 0.380. The van der Waals surface area contributed by atoms with Crippen LogP contribution >= 0.6 is 11.3 Å². The van der Waals surface area contributed by atoms with E-state index in [1.165, 1.54) is 5.56 Å². The highest BCUT2D eigenvalue weighted by molar-refractivity contribution is 7.24. The Morgan fingerprint density at radius 2 is 1.61 bits per heavy atom. The highest BCUT2D eigenvalue weighted by Gasteiger charge is 2.22. The molecule has 1 heterocycles. The maximum atomic E-state index is 13.1. The van der Waals surface area contributed by atoms with Crippen LogP contribution in [0, 0.1) is 6.92 Å². The summed E-state index contributed by atoms with van der Waals surface area (Å²) >= 11 is 1.55. The van der Waals surface area contributed by atoms with Crippen LogP contribution in [0.3, 0.4) is 0 Å². The molecule has 0 atom stereocenters. The van der Waals surface area contributed by atoms with Crippen LogP contribution in [0.5, 0.6) is 11.5 Å². The molecule has 1 aromatic heterocycles. The van der Waals surface area contributed by atoms with Crippen molar-refractivity contribution in [1.29, 1.82) is 0 Å². The third-order valence-corrected chi connectivity index (χ3v) is 6.64. The summed E-state index contributed by atoms with van der Waals surface area (Å²) in [5.41, 5.74) is 7.05. The van der Waals surface area contributed by atoms with E-state index in [4.69, 9.17) is 10.5 Å². The molecule has 0 aliphatic rings. The van der Waals surface area contributed by atoms with Gasteiger partial charge in [0.1, 0.15) is 11.5 Å². The molecule has 0 aliphatic carbocycles. The maximum absolute atomic E-state index is 13.1. The molecule has 0 fully saturated rings. The molecular formula is C25H25NO4S. The van der Waals surface area contributed by atoms with Gasteiger partial charge in [0.05, 0.1) is 18.8 Å². The molecule has 0 spiro atoms. The Hall–Kier alpha value is -2.77. The van der Waals surface area contributed by atoms with Gasteiger partial charge in [-0.15, -0.1) is 11.3 Å². The van der Waals surface area contributed by atoms with Gasteiger partial charge in [0, 0.05) is 20.2 Å². The number of aliphatic hydroxyl groups excluding tert-OH is 2. The first-order valence-corrected chi connectivity index (χ1v) is 11.0. The van der Waals surface area contributed by atoms with Gasteiger partial charge in [-0.05, 0) is 67.8 Å². The third kappa shape index (κ3) is 4.62. The number of benzene rings is 3. The van der Waals surface area contributed by atoms with Crippen LogP contribution in [0.4, 0.5) is 0 Å². The third-order valence-electron chi connectivity index (χ3n) is 5.50. The molecule has 0 saturated heterocycles. The van der Waals surface area contributed by atoms with Crippen LogP contribution in [0.1, 0.15) is 17.5 Å². The summed E-state index contributed by atoms with van der Waals surface area (Å²) < 4.78 is 7.72. The second-order valence-electron chi connectivity index (χ2n) is 8.01. The van der Waals surface area contributed by atoms with Crippen molar-refractivity contribution >= 4 is 31.5 Å². The van der Waals surface area contributed by atoms with Gasteiger partial charge >= 0.3 is 0 Å². The number of rotatable bonds is 7. The fourth-order valence-corrected chi connectivity index (χ4v) is 4.52. The fraction of sp³-hybridized carbons (Fsp3) is 0.240. The Morgan fingerprint density at radius 1 is 0.903 bits per heavy atom. The van der Waals surface area contributed by atoms with Crippen molar-refractivity contribution in [1.82, 2.24) is 0 Å². The van der Waals surface area contributed by atoms with Crippen LogP contribution in [0.2, 0.25) is 0 Å². The first-order chi connectivity index (χ1) is 14.9. The lowest BCUT2D eigenvalue weighted by Gasteiger charge is -2.24. The van der Waals surface area contributed by atoms with Crippen molar-refractivity contribution in [2.24, 2.45) is 5.73 Å². The van der Waals surface area contributed by atoms with Crippen LogP contribution in [0.15, 0.2) is 65.5 Å². The van der Waals surface area contributed by atoms with Crippen LogP contribution in [0.25, 0.3) is 20.2 Å². The van der Waals surface area contributed by atoms with Crippen LogP contribution < -0.4 is 15.9 Å². The Bertz CT molecular complexity index is 1280. The van der Waals surface area contributed by atoms with Crippen molar-refractivity contribution in [3.63, 3.8) is 0 Å². The average molecular weight is 436 g/mol. The van der Waals surface area contributed by atoms with E-state index in [0.29, 0.717) is 29.4 Å². The maximum Gasteiger partial charge on any atom is 0.195 e. The van der Waals surface area contributed by atoms with Crippen molar-refractivity contribution in [3.05, 3.63) is 82.0 Å². The summed E-state index contributed by atoms with van der Waals surface area (Å²) in [6, 6.07) is 19.2. The lowest BCUT2D eigenvalue weighted by Crippen LogP contribution is -2.47. The predicted molar refractivity (Wildman–Crippen MR) is 126 cm³/mol. The van der Waals surface area contributed by atoms with E-state index in [-0.39, 0.29) is 18.6 Å². The highest BCUT2D eigenvalue weighted by Crippen LogP contribution is 2.30. The molecule has 0 aliphatic heterocycles. The molecule has 0 amide bonds. The fourth-order valence-electron chi connectivity index (χ4n) is 3.44. The molecule has 0 unspecified atom stereocenters. The number of hydrogen-bond acceptors (Lipinski definition) is 6. The molecule has 5 nitrogen and oxygen atoms in total. The smallest absolute Gasteiger partial charge is 0.195 e. The van der Waals surface area contributed by atoms with Gasteiger partial charge in [-0.3, -0.25) is 4.79 Å². The summed E-state index contributed by atoms with van der Waals surface area (Å²) in [5, 5.41) is 20.1. The molecule has 160 valence electrons.